The number of nitrogens with one attached hydrogen (secondary N) is 1. The molecule has 1 fully saturated rings. The summed E-state index contributed by atoms with van der Waals surface area (Å²) in [5.74, 6) is -13.0. The number of halogens is 11. The molecule has 3 aromatic carbocycles. The number of aromatic nitrogens is 5. The van der Waals surface area contributed by atoms with Crippen molar-refractivity contribution in [3.8, 4) is 16.9 Å². The lowest BCUT2D eigenvalue weighted by molar-refractivity contribution is -0.143. The van der Waals surface area contributed by atoms with Crippen LogP contribution in [0, 0.1) is 23.0 Å². The summed E-state index contributed by atoms with van der Waals surface area (Å²) in [6, 6.07) is 10.2. The quantitative estimate of drug-likeness (QED) is 0.0507. The maximum absolute atomic E-state index is 15.7. The number of pyridine rings is 1. The van der Waals surface area contributed by atoms with Gasteiger partial charge in [-0.15, -0.1) is 0 Å². The molecule has 3 atom stereocenters. The Morgan fingerprint density at radius 2 is 1.54 bits per heavy atom. The van der Waals surface area contributed by atoms with Crippen LogP contribution in [-0.2, 0) is 78.5 Å². The largest absolute Gasteiger partial charge is 0.524 e. The number of carbonyl (C=O) groups is 2. The predicted molar refractivity (Wildman–Crippen MR) is 273 cm³/mol. The lowest BCUT2D eigenvalue weighted by Crippen LogP contribution is -2.45. The Morgan fingerprint density at radius 1 is 0.914 bits per heavy atom. The van der Waals surface area contributed by atoms with Crippen molar-refractivity contribution in [1.29, 1.82) is 0 Å². The van der Waals surface area contributed by atoms with E-state index < -0.39 is 174 Å². The average molecular weight is 1230 g/mol. The van der Waals surface area contributed by atoms with Crippen LogP contribution in [0.15, 0.2) is 66.7 Å². The third kappa shape index (κ3) is 12.8. The van der Waals surface area contributed by atoms with Crippen LogP contribution >= 0.6 is 19.4 Å². The molecule has 0 spiro atoms. The Balaban J connectivity index is 1.34. The lowest BCUT2D eigenvalue weighted by atomic mass is 9.84. The minimum atomic E-state index is -5.24. The van der Waals surface area contributed by atoms with E-state index in [4.69, 9.17) is 21.1 Å². The number of phosphoric acid groups is 1. The number of amides is 2. The molecule has 2 amide bonds. The molecule has 438 valence electrons. The summed E-state index contributed by atoms with van der Waals surface area (Å²) >= 11 is 6.78. The van der Waals surface area contributed by atoms with Gasteiger partial charge in [-0.3, -0.25) is 33.7 Å². The number of benzene rings is 3. The summed E-state index contributed by atoms with van der Waals surface area (Å²) in [7, 11) is -14.0. The molecule has 0 radical (unpaired) electrons. The fourth-order valence-corrected chi connectivity index (χ4v) is 12.1. The first-order valence-electron chi connectivity index (χ1n) is 24.2. The standard InChI is InChI=1S/C50H49ClF10N7O10PS2/c1-46(2,22-26-9-7-8-10-36(26)78-79(71,72)73)45(70)68(81(6,76)77)44-39-34(51)14-13-31(41(39)67(65-44)24-48(54,55)56)30-12-11-29(15-16-47(3,4)80(5,74)75)62-40(30)35(19-25-17-27(52)20-28(53)18-25)63-37(69)23-66-43-38(42(64-66)50(59,60)61)32-21-33(32)49(43,57)58/h7-14,17-18,20,32-33,35H,15-16,19,21-24H2,1-6H3,(H,63,69)(H2,71,72,73)/t32?,33-,35+/m1/s1. The second kappa shape index (κ2) is 20.9. The van der Waals surface area contributed by atoms with E-state index >= 15 is 8.78 Å². The van der Waals surface area contributed by atoms with E-state index in [1.807, 2.05) is 0 Å². The van der Waals surface area contributed by atoms with E-state index in [9.17, 15) is 75.9 Å². The van der Waals surface area contributed by atoms with Gasteiger partial charge in [-0.1, -0.05) is 55.8 Å². The van der Waals surface area contributed by atoms with Crippen molar-refractivity contribution >= 4 is 67.8 Å². The van der Waals surface area contributed by atoms with Gasteiger partial charge in [-0.05, 0) is 93.3 Å². The second-order valence-corrected chi connectivity index (χ2v) is 27.3. The van der Waals surface area contributed by atoms with Gasteiger partial charge in [0.1, 0.15) is 36.2 Å². The average Bonchev–Trinajstić information content (AvgIpc) is 3.30. The molecule has 17 nitrogen and oxygen atoms in total. The van der Waals surface area contributed by atoms with E-state index in [-0.39, 0.29) is 60.9 Å². The molecule has 3 N–H and O–H groups in total. The Bertz CT molecular complexity index is 3790. The highest BCUT2D eigenvalue weighted by Crippen LogP contribution is 2.68. The summed E-state index contributed by atoms with van der Waals surface area (Å²) < 4.78 is 218. The molecule has 1 saturated carbocycles. The first-order chi connectivity index (χ1) is 37.1. The number of nitrogens with zero attached hydrogens (tertiary/aromatic N) is 6. The molecular formula is C50H49ClF10N7O10PS2. The number of alkyl halides is 8. The highest BCUT2D eigenvalue weighted by Gasteiger charge is 2.68. The molecule has 8 rings (SSSR count). The number of sulfone groups is 1. The van der Waals surface area contributed by atoms with Crippen LogP contribution in [0.5, 0.6) is 5.75 Å². The number of para-hydroxylation sites is 1. The smallest absolute Gasteiger partial charge is 0.404 e. The fourth-order valence-electron chi connectivity index (χ4n) is 9.92. The first kappa shape index (κ1) is 61.0. The van der Waals surface area contributed by atoms with Crippen molar-refractivity contribution in [3.05, 3.63) is 123 Å². The van der Waals surface area contributed by atoms with Crippen molar-refractivity contribution in [2.75, 3.05) is 16.8 Å². The van der Waals surface area contributed by atoms with Gasteiger partial charge < -0.3 is 9.84 Å². The highest BCUT2D eigenvalue weighted by atomic mass is 35.5. The molecule has 31 heteroatoms. The number of anilines is 1. The Kier molecular flexibility index (Phi) is 15.8. The number of aryl methyl sites for hydroxylation is 1. The van der Waals surface area contributed by atoms with Crippen LogP contribution in [-0.4, -0.2) is 86.4 Å². The third-order valence-electron chi connectivity index (χ3n) is 14.0. The number of fused-ring (bicyclic) bond motifs is 4. The minimum Gasteiger partial charge on any atom is -0.404 e. The maximum Gasteiger partial charge on any atom is 0.524 e. The van der Waals surface area contributed by atoms with Crippen molar-refractivity contribution in [2.24, 2.45) is 11.3 Å². The Morgan fingerprint density at radius 3 is 2.14 bits per heavy atom. The number of carbonyl (C=O) groups excluding carboxylic acids is 2. The minimum absolute atomic E-state index is 0.0206. The summed E-state index contributed by atoms with van der Waals surface area (Å²) in [5.41, 5.74) is -7.50. The molecule has 0 aliphatic heterocycles. The third-order valence-corrected chi connectivity index (χ3v) is 18.0. The van der Waals surface area contributed by atoms with Gasteiger partial charge in [0.2, 0.25) is 21.8 Å². The van der Waals surface area contributed by atoms with Gasteiger partial charge in [0.25, 0.3) is 5.92 Å². The highest BCUT2D eigenvalue weighted by molar-refractivity contribution is 7.93. The summed E-state index contributed by atoms with van der Waals surface area (Å²) in [4.78, 5) is 53.0. The zero-order chi connectivity index (χ0) is 60.1. The number of phosphoric ester groups is 1. The molecule has 81 heavy (non-hydrogen) atoms. The second-order valence-electron chi connectivity index (χ2n) is 21.2. The Labute approximate surface area is 460 Å². The van der Waals surface area contributed by atoms with E-state index in [1.165, 1.54) is 58.0 Å². The van der Waals surface area contributed by atoms with Gasteiger partial charge >= 0.3 is 20.2 Å². The van der Waals surface area contributed by atoms with Crippen LogP contribution < -0.4 is 14.1 Å². The number of hydrogen-bond donors (Lipinski definition) is 3. The van der Waals surface area contributed by atoms with Crippen molar-refractivity contribution < 1.29 is 89.2 Å². The molecule has 0 bridgehead atoms. The van der Waals surface area contributed by atoms with Crippen LogP contribution in [0.25, 0.3) is 22.0 Å². The van der Waals surface area contributed by atoms with E-state index in [0.29, 0.717) is 12.3 Å². The van der Waals surface area contributed by atoms with Gasteiger partial charge in [0, 0.05) is 46.0 Å². The molecule has 3 heterocycles. The maximum atomic E-state index is 15.7. The topological polar surface area (TPSA) is 233 Å². The number of rotatable bonds is 19. The van der Waals surface area contributed by atoms with Gasteiger partial charge in [0.05, 0.1) is 38.7 Å². The molecule has 2 aliphatic carbocycles. The zero-order valence-electron chi connectivity index (χ0n) is 43.3. The predicted octanol–water partition coefficient (Wildman–Crippen LogP) is 9.91. The molecule has 2 aliphatic rings. The number of sulfonamides is 1. The van der Waals surface area contributed by atoms with E-state index in [1.54, 1.807) is 0 Å². The van der Waals surface area contributed by atoms with E-state index in [2.05, 4.69) is 15.5 Å². The molecule has 3 aromatic heterocycles. The lowest BCUT2D eigenvalue weighted by Gasteiger charge is -2.30. The fraction of sp³-hybridized carbons (Fsp3) is 0.420. The van der Waals surface area contributed by atoms with Gasteiger partial charge in [-0.25, -0.2) is 30.2 Å². The van der Waals surface area contributed by atoms with E-state index in [0.717, 1.165) is 36.6 Å². The first-order valence-corrected chi connectivity index (χ1v) is 29.9. The normalized spacial score (nSPS) is 17.0. The number of hydrogen-bond acceptors (Lipinski definition) is 11. The Hall–Kier alpha value is -6.13. The SMILES string of the molecule is CC(C)(Cc1ccccc1OP(=O)(O)O)C(=O)N(c1nn(CC(F)(F)F)c2c(-c3ccc(CCC(C)(C)S(C)(=O)=O)nc3[C@H](Cc3cc(F)cc(F)c3)NC(=O)Cn3nc(C(F)(F)F)c4c3C(F)(F)[C@@H]3CC43)ccc(Cl)c12)S(C)(=O)=O. The van der Waals surface area contributed by atoms with Crippen LogP contribution in [0.3, 0.4) is 0 Å². The molecular weight excluding hydrogens is 1180 g/mol. The molecule has 0 saturated heterocycles. The van der Waals surface area contributed by atoms with Crippen LogP contribution in [0.4, 0.5) is 49.7 Å². The molecule has 6 aromatic rings. The van der Waals surface area contributed by atoms with Crippen LogP contribution in [0.2, 0.25) is 5.02 Å². The summed E-state index contributed by atoms with van der Waals surface area (Å²) in [6.07, 6.45) is -10.8. The van der Waals surface area contributed by atoms with Crippen LogP contribution in [0.1, 0.15) is 92.0 Å². The monoisotopic (exact) mass is 1230 g/mol. The molecule has 1 unspecified atom stereocenters. The van der Waals surface area contributed by atoms with Gasteiger partial charge in [-0.2, -0.15) is 49.6 Å². The van der Waals surface area contributed by atoms with Gasteiger partial charge in [0.15, 0.2) is 21.3 Å². The zero-order valence-corrected chi connectivity index (χ0v) is 46.6. The van der Waals surface area contributed by atoms with Crippen molar-refractivity contribution in [1.82, 2.24) is 29.9 Å². The van der Waals surface area contributed by atoms with Crippen molar-refractivity contribution in [3.63, 3.8) is 0 Å². The van der Waals surface area contributed by atoms with Crippen molar-refractivity contribution in [2.45, 2.75) is 108 Å². The summed E-state index contributed by atoms with van der Waals surface area (Å²) in [5, 5.41) is 8.79. The summed E-state index contributed by atoms with van der Waals surface area (Å²) in [6.45, 7) is 1.88.